The second kappa shape index (κ2) is 7.33. The van der Waals surface area contributed by atoms with E-state index < -0.39 is 0 Å². The lowest BCUT2D eigenvalue weighted by molar-refractivity contribution is -0.118. The van der Waals surface area contributed by atoms with Gasteiger partial charge in [0.05, 0.1) is 18.4 Å². The van der Waals surface area contributed by atoms with Gasteiger partial charge in [-0.3, -0.25) is 9.89 Å². The van der Waals surface area contributed by atoms with E-state index in [2.05, 4.69) is 20.5 Å². The Morgan fingerprint density at radius 1 is 1.52 bits per heavy atom. The van der Waals surface area contributed by atoms with Crippen LogP contribution in [0.15, 0.2) is 23.4 Å². The molecule has 1 aromatic heterocycles. The highest BCUT2D eigenvalue weighted by molar-refractivity contribution is 7.99. The molecule has 6 nitrogen and oxygen atoms in total. The largest absolute Gasteiger partial charge is 0.496 e. The number of carbonyl (C=O) groups excluding carboxylic acids is 1. The average Bonchev–Trinajstić information content (AvgIpc) is 2.94. The zero-order chi connectivity index (χ0) is 15.2. The minimum atomic E-state index is -0.0470. The fraction of sp³-hybridized carbons (Fsp3) is 0.308. The summed E-state index contributed by atoms with van der Waals surface area (Å²) in [5.41, 5.74) is 0.724. The summed E-state index contributed by atoms with van der Waals surface area (Å²) in [6, 6.07) is 5.26. The monoisotopic (exact) mass is 326 g/mol. The molecule has 0 fully saturated rings. The van der Waals surface area contributed by atoms with Crippen LogP contribution in [0, 0.1) is 0 Å². The highest BCUT2D eigenvalue weighted by Crippen LogP contribution is 2.31. The number of thioether (sulfide) groups is 1. The highest BCUT2D eigenvalue weighted by atomic mass is 35.5. The molecule has 0 aliphatic heterocycles. The summed E-state index contributed by atoms with van der Waals surface area (Å²) in [6.45, 7) is 2.48. The van der Waals surface area contributed by atoms with E-state index in [1.165, 1.54) is 11.8 Å². The Balaban J connectivity index is 2.13. The van der Waals surface area contributed by atoms with Crippen molar-refractivity contribution in [1.82, 2.24) is 20.5 Å². The third-order valence-corrected chi connectivity index (χ3v) is 3.67. The maximum absolute atomic E-state index is 11.4. The summed E-state index contributed by atoms with van der Waals surface area (Å²) in [4.78, 5) is 15.7. The first-order valence-corrected chi connectivity index (χ1v) is 7.66. The van der Waals surface area contributed by atoms with Crippen LogP contribution in [0.3, 0.4) is 0 Å². The number of aromatic amines is 1. The number of benzene rings is 1. The summed E-state index contributed by atoms with van der Waals surface area (Å²) >= 11 is 7.25. The lowest BCUT2D eigenvalue weighted by Crippen LogP contribution is -2.24. The molecule has 21 heavy (non-hydrogen) atoms. The van der Waals surface area contributed by atoms with E-state index in [0.29, 0.717) is 28.3 Å². The van der Waals surface area contributed by atoms with Gasteiger partial charge in [0.25, 0.3) is 0 Å². The van der Waals surface area contributed by atoms with Gasteiger partial charge in [-0.05, 0) is 25.1 Å². The zero-order valence-electron chi connectivity index (χ0n) is 11.6. The fourth-order valence-corrected chi connectivity index (χ4v) is 2.48. The molecule has 8 heteroatoms. The molecular weight excluding hydrogens is 312 g/mol. The smallest absolute Gasteiger partial charge is 0.230 e. The lowest BCUT2D eigenvalue weighted by atomic mass is 10.2. The Kier molecular flexibility index (Phi) is 5.46. The van der Waals surface area contributed by atoms with Crippen LogP contribution >= 0.6 is 23.4 Å². The van der Waals surface area contributed by atoms with Gasteiger partial charge in [-0.2, -0.15) is 0 Å². The number of H-pyrrole nitrogens is 1. The molecule has 1 amide bonds. The Morgan fingerprint density at radius 2 is 2.33 bits per heavy atom. The zero-order valence-corrected chi connectivity index (χ0v) is 13.2. The topological polar surface area (TPSA) is 79.9 Å². The second-order valence-corrected chi connectivity index (χ2v) is 5.43. The minimum absolute atomic E-state index is 0.0470. The SMILES string of the molecule is CCNC(=O)CSc1n[nH]c(-c2cc(Cl)ccc2OC)n1. The number of ether oxygens (including phenoxy) is 1. The van der Waals surface area contributed by atoms with Gasteiger partial charge in [0.15, 0.2) is 5.82 Å². The maximum Gasteiger partial charge on any atom is 0.230 e. The van der Waals surface area contributed by atoms with Crippen LogP contribution in [0.25, 0.3) is 11.4 Å². The van der Waals surface area contributed by atoms with Crippen molar-refractivity contribution in [3.8, 4) is 17.1 Å². The van der Waals surface area contributed by atoms with Crippen molar-refractivity contribution in [2.24, 2.45) is 0 Å². The Morgan fingerprint density at radius 3 is 3.05 bits per heavy atom. The lowest BCUT2D eigenvalue weighted by Gasteiger charge is -2.05. The van der Waals surface area contributed by atoms with Crippen LogP contribution < -0.4 is 10.1 Å². The predicted molar refractivity (Wildman–Crippen MR) is 82.8 cm³/mol. The normalized spacial score (nSPS) is 10.4. The number of carbonyl (C=O) groups is 1. The van der Waals surface area contributed by atoms with Crippen LogP contribution in [0.2, 0.25) is 5.02 Å². The van der Waals surface area contributed by atoms with Gasteiger partial charge in [0, 0.05) is 11.6 Å². The van der Waals surface area contributed by atoms with E-state index in [1.807, 2.05) is 6.92 Å². The molecule has 2 rings (SSSR count). The first kappa shape index (κ1) is 15.7. The molecule has 0 aliphatic carbocycles. The van der Waals surface area contributed by atoms with Gasteiger partial charge in [-0.1, -0.05) is 23.4 Å². The highest BCUT2D eigenvalue weighted by Gasteiger charge is 2.12. The molecule has 0 unspecified atom stereocenters. The second-order valence-electron chi connectivity index (χ2n) is 4.05. The van der Waals surface area contributed by atoms with Gasteiger partial charge in [-0.25, -0.2) is 4.98 Å². The van der Waals surface area contributed by atoms with E-state index in [9.17, 15) is 4.79 Å². The first-order valence-electron chi connectivity index (χ1n) is 6.29. The number of aromatic nitrogens is 3. The Hall–Kier alpha value is -1.73. The van der Waals surface area contributed by atoms with Crippen molar-refractivity contribution in [3.63, 3.8) is 0 Å². The third kappa shape index (κ3) is 4.12. The van der Waals surface area contributed by atoms with E-state index in [0.717, 1.165) is 5.56 Å². The van der Waals surface area contributed by atoms with Crippen LogP contribution in [0.4, 0.5) is 0 Å². The Bertz CT molecular complexity index is 632. The van der Waals surface area contributed by atoms with Crippen molar-refractivity contribution in [3.05, 3.63) is 23.2 Å². The fourth-order valence-electron chi connectivity index (χ4n) is 1.67. The van der Waals surface area contributed by atoms with Crippen molar-refractivity contribution >= 4 is 29.3 Å². The number of nitrogens with one attached hydrogen (secondary N) is 2. The van der Waals surface area contributed by atoms with Crippen LogP contribution in [0.1, 0.15) is 6.92 Å². The molecule has 0 saturated carbocycles. The molecule has 0 spiro atoms. The summed E-state index contributed by atoms with van der Waals surface area (Å²) in [7, 11) is 1.58. The van der Waals surface area contributed by atoms with Gasteiger partial charge in [0.1, 0.15) is 5.75 Å². The molecule has 112 valence electrons. The van der Waals surface area contributed by atoms with E-state index in [-0.39, 0.29) is 11.7 Å². The molecule has 0 bridgehead atoms. The first-order chi connectivity index (χ1) is 10.1. The number of hydrogen-bond donors (Lipinski definition) is 2. The van der Waals surface area contributed by atoms with Crippen LogP contribution in [-0.4, -0.2) is 40.5 Å². The molecule has 0 aliphatic rings. The van der Waals surface area contributed by atoms with Gasteiger partial charge >= 0.3 is 0 Å². The summed E-state index contributed by atoms with van der Waals surface area (Å²) < 4.78 is 5.28. The molecular formula is C13H15ClN4O2S. The number of rotatable bonds is 6. The van der Waals surface area contributed by atoms with E-state index >= 15 is 0 Å². The molecule has 0 atom stereocenters. The van der Waals surface area contributed by atoms with Crippen LogP contribution in [0.5, 0.6) is 5.75 Å². The standard InChI is InChI=1S/C13H15ClN4O2S/c1-3-15-11(19)7-21-13-16-12(17-18-13)9-6-8(14)4-5-10(9)20-2/h4-6H,3,7H2,1-2H3,(H,15,19)(H,16,17,18). The number of methoxy groups -OCH3 is 1. The molecule has 1 heterocycles. The predicted octanol–water partition coefficient (Wildman–Crippen LogP) is 2.36. The number of nitrogens with zero attached hydrogens (tertiary/aromatic N) is 2. The van der Waals surface area contributed by atoms with Crippen molar-refractivity contribution in [2.75, 3.05) is 19.4 Å². The Labute approximate surface area is 131 Å². The summed E-state index contributed by atoms with van der Waals surface area (Å²) in [6.07, 6.45) is 0. The number of amides is 1. The van der Waals surface area contributed by atoms with Crippen molar-refractivity contribution < 1.29 is 9.53 Å². The average molecular weight is 327 g/mol. The van der Waals surface area contributed by atoms with E-state index in [4.69, 9.17) is 16.3 Å². The van der Waals surface area contributed by atoms with Crippen molar-refractivity contribution in [1.29, 1.82) is 0 Å². The minimum Gasteiger partial charge on any atom is -0.496 e. The number of hydrogen-bond acceptors (Lipinski definition) is 5. The molecule has 1 aromatic carbocycles. The molecule has 2 N–H and O–H groups in total. The number of halogens is 1. The maximum atomic E-state index is 11.4. The van der Waals surface area contributed by atoms with Crippen LogP contribution in [-0.2, 0) is 4.79 Å². The molecule has 0 saturated heterocycles. The molecule has 2 aromatic rings. The van der Waals surface area contributed by atoms with Crippen molar-refractivity contribution in [2.45, 2.75) is 12.1 Å². The summed E-state index contributed by atoms with van der Waals surface area (Å²) in [5, 5.41) is 10.7. The molecule has 0 radical (unpaired) electrons. The van der Waals surface area contributed by atoms with Gasteiger partial charge < -0.3 is 10.1 Å². The van der Waals surface area contributed by atoms with Gasteiger partial charge in [0.2, 0.25) is 11.1 Å². The summed E-state index contributed by atoms with van der Waals surface area (Å²) in [5.74, 6) is 1.43. The third-order valence-electron chi connectivity index (χ3n) is 2.59. The van der Waals surface area contributed by atoms with E-state index in [1.54, 1.807) is 25.3 Å². The van der Waals surface area contributed by atoms with Gasteiger partial charge in [-0.15, -0.1) is 5.10 Å². The quantitative estimate of drug-likeness (QED) is 0.797.